The fraction of sp³-hybridized carbons (Fsp3) is 0.412. The second-order valence-electron chi connectivity index (χ2n) is 6.56. The zero-order chi connectivity index (χ0) is 16.7. The third-order valence-electron chi connectivity index (χ3n) is 4.55. The molecule has 124 valence electrons. The Kier molecular flexibility index (Phi) is 3.55. The molecule has 0 saturated carbocycles. The SMILES string of the molecule is CC(C)C(=O)NC1CCN(c2cc[nH]c3nnc4nccc4c23)C1. The number of hydrogen-bond acceptors (Lipinski definition) is 5. The van der Waals surface area contributed by atoms with Gasteiger partial charge in [0.1, 0.15) is 0 Å². The monoisotopic (exact) mass is 324 g/mol. The molecule has 0 aromatic carbocycles. The number of nitrogens with zero attached hydrogens (tertiary/aromatic N) is 4. The molecule has 0 bridgehead atoms. The number of amides is 1. The van der Waals surface area contributed by atoms with E-state index in [-0.39, 0.29) is 17.9 Å². The standard InChI is InChI=1S/C17H20N6O/c1-10(2)17(24)20-11-5-8-23(9-11)13-4-7-19-16-14(13)12-3-6-18-15(12)21-22-16/h3-4,6-7,10-11H,5,8-9H2,1-2H3,(H,19,22)(H,20,24). The molecule has 1 atom stereocenters. The van der Waals surface area contributed by atoms with Crippen LogP contribution >= 0.6 is 0 Å². The summed E-state index contributed by atoms with van der Waals surface area (Å²) in [6.07, 6.45) is 4.58. The Morgan fingerprint density at radius 2 is 2.25 bits per heavy atom. The Hall–Kier alpha value is -2.70. The van der Waals surface area contributed by atoms with Gasteiger partial charge in [-0.1, -0.05) is 13.8 Å². The Morgan fingerprint density at radius 1 is 1.38 bits per heavy atom. The van der Waals surface area contributed by atoms with E-state index in [2.05, 4.69) is 36.4 Å². The molecule has 1 amide bonds. The molecular formula is C17H20N6O. The van der Waals surface area contributed by atoms with Crippen LogP contribution in [0.2, 0.25) is 0 Å². The minimum absolute atomic E-state index is 0.0106. The summed E-state index contributed by atoms with van der Waals surface area (Å²) in [4.78, 5) is 21.6. The maximum atomic E-state index is 11.9. The highest BCUT2D eigenvalue weighted by atomic mass is 16.1. The highest BCUT2D eigenvalue weighted by Crippen LogP contribution is 2.31. The lowest BCUT2D eigenvalue weighted by Crippen LogP contribution is -2.39. The number of hydrogen-bond donors (Lipinski definition) is 2. The van der Waals surface area contributed by atoms with Crippen LogP contribution < -0.4 is 10.2 Å². The Bertz CT molecular complexity index is 902. The van der Waals surface area contributed by atoms with E-state index in [1.807, 2.05) is 26.1 Å². The van der Waals surface area contributed by atoms with Crippen LogP contribution in [0.1, 0.15) is 20.3 Å². The normalized spacial score (nSPS) is 18.0. The van der Waals surface area contributed by atoms with Gasteiger partial charge in [-0.3, -0.25) is 4.79 Å². The van der Waals surface area contributed by atoms with Gasteiger partial charge in [0, 0.05) is 42.8 Å². The first-order valence-electron chi connectivity index (χ1n) is 8.27. The molecule has 2 N–H and O–H groups in total. The lowest BCUT2D eigenvalue weighted by molar-refractivity contribution is -0.124. The summed E-state index contributed by atoms with van der Waals surface area (Å²) in [7, 11) is 0. The van der Waals surface area contributed by atoms with Crippen LogP contribution in [0.5, 0.6) is 0 Å². The molecular weight excluding hydrogens is 304 g/mol. The summed E-state index contributed by atoms with van der Waals surface area (Å²) >= 11 is 0. The zero-order valence-corrected chi connectivity index (χ0v) is 13.8. The van der Waals surface area contributed by atoms with Crippen molar-refractivity contribution in [2.75, 3.05) is 18.0 Å². The third-order valence-corrected chi connectivity index (χ3v) is 4.55. The zero-order valence-electron chi connectivity index (χ0n) is 13.8. The van der Waals surface area contributed by atoms with Gasteiger partial charge in [-0.05, 0) is 18.6 Å². The molecule has 1 saturated heterocycles. The Labute approximate surface area is 139 Å². The number of fused-ring (bicyclic) bond motifs is 3. The predicted octanol–water partition coefficient (Wildman–Crippen LogP) is 1.86. The predicted molar refractivity (Wildman–Crippen MR) is 92.8 cm³/mol. The van der Waals surface area contributed by atoms with Crippen molar-refractivity contribution in [1.29, 1.82) is 0 Å². The number of rotatable bonds is 3. The summed E-state index contributed by atoms with van der Waals surface area (Å²) in [5.41, 5.74) is 2.52. The molecule has 0 spiro atoms. The number of anilines is 1. The fourth-order valence-electron chi connectivity index (χ4n) is 3.25. The Morgan fingerprint density at radius 3 is 3.08 bits per heavy atom. The number of H-pyrrole nitrogens is 1. The van der Waals surface area contributed by atoms with Crippen LogP contribution in [-0.2, 0) is 4.79 Å². The van der Waals surface area contributed by atoms with E-state index in [4.69, 9.17) is 0 Å². The molecule has 1 fully saturated rings. The summed E-state index contributed by atoms with van der Waals surface area (Å²) in [5.74, 6) is 0.123. The number of carbonyl (C=O) groups excluding carboxylic acids is 1. The molecule has 0 aliphatic carbocycles. The van der Waals surface area contributed by atoms with E-state index >= 15 is 0 Å². The summed E-state index contributed by atoms with van der Waals surface area (Å²) in [6, 6.07) is 4.21. The van der Waals surface area contributed by atoms with Gasteiger partial charge < -0.3 is 15.2 Å². The average molecular weight is 324 g/mol. The molecule has 24 heavy (non-hydrogen) atoms. The molecule has 1 aliphatic heterocycles. The van der Waals surface area contributed by atoms with Gasteiger partial charge in [0.2, 0.25) is 5.91 Å². The van der Waals surface area contributed by atoms with Gasteiger partial charge >= 0.3 is 0 Å². The van der Waals surface area contributed by atoms with Crippen molar-refractivity contribution < 1.29 is 4.79 Å². The molecule has 4 heterocycles. The van der Waals surface area contributed by atoms with Gasteiger partial charge in [0.05, 0.1) is 11.1 Å². The average Bonchev–Trinajstić information content (AvgIpc) is 3.22. The van der Waals surface area contributed by atoms with Gasteiger partial charge in [-0.15, -0.1) is 10.2 Å². The minimum atomic E-state index is 0.0106. The second kappa shape index (κ2) is 5.74. The smallest absolute Gasteiger partial charge is 0.222 e. The first-order valence-corrected chi connectivity index (χ1v) is 8.27. The van der Waals surface area contributed by atoms with E-state index in [0.29, 0.717) is 5.65 Å². The van der Waals surface area contributed by atoms with Crippen LogP contribution in [0.15, 0.2) is 24.5 Å². The van der Waals surface area contributed by atoms with E-state index in [0.717, 1.165) is 41.6 Å². The maximum absolute atomic E-state index is 11.9. The molecule has 1 unspecified atom stereocenters. The van der Waals surface area contributed by atoms with Crippen LogP contribution in [0.4, 0.5) is 5.69 Å². The number of aromatic nitrogens is 4. The van der Waals surface area contributed by atoms with Crippen LogP contribution in [0.25, 0.3) is 22.1 Å². The van der Waals surface area contributed by atoms with Crippen LogP contribution in [-0.4, -0.2) is 45.2 Å². The minimum Gasteiger partial charge on any atom is -0.369 e. The van der Waals surface area contributed by atoms with Crippen LogP contribution in [0.3, 0.4) is 0 Å². The number of aromatic amines is 1. The van der Waals surface area contributed by atoms with Crippen LogP contribution in [0, 0.1) is 5.92 Å². The van der Waals surface area contributed by atoms with Gasteiger partial charge in [-0.25, -0.2) is 4.98 Å². The quantitative estimate of drug-likeness (QED) is 0.768. The molecule has 7 nitrogen and oxygen atoms in total. The highest BCUT2D eigenvalue weighted by molar-refractivity contribution is 6.08. The Balaban J connectivity index is 1.68. The molecule has 3 aromatic rings. The van der Waals surface area contributed by atoms with Crippen molar-refractivity contribution in [3.05, 3.63) is 24.5 Å². The van der Waals surface area contributed by atoms with E-state index in [1.54, 1.807) is 6.20 Å². The van der Waals surface area contributed by atoms with Crippen molar-refractivity contribution in [2.24, 2.45) is 5.92 Å². The van der Waals surface area contributed by atoms with E-state index in [1.165, 1.54) is 0 Å². The lowest BCUT2D eigenvalue weighted by Gasteiger charge is -2.21. The van der Waals surface area contributed by atoms with Gasteiger partial charge in [-0.2, -0.15) is 0 Å². The van der Waals surface area contributed by atoms with Gasteiger partial charge in [0.25, 0.3) is 0 Å². The highest BCUT2D eigenvalue weighted by Gasteiger charge is 2.26. The number of pyridine rings is 1. The van der Waals surface area contributed by atoms with Gasteiger partial charge in [0.15, 0.2) is 11.3 Å². The van der Waals surface area contributed by atoms with E-state index in [9.17, 15) is 4.79 Å². The molecule has 1 aliphatic rings. The first-order chi connectivity index (χ1) is 11.6. The topological polar surface area (TPSA) is 86.8 Å². The second-order valence-corrected chi connectivity index (χ2v) is 6.56. The maximum Gasteiger partial charge on any atom is 0.222 e. The fourth-order valence-corrected chi connectivity index (χ4v) is 3.25. The van der Waals surface area contributed by atoms with Crippen molar-refractivity contribution >= 4 is 33.7 Å². The van der Waals surface area contributed by atoms with Crippen molar-refractivity contribution in [3.8, 4) is 0 Å². The van der Waals surface area contributed by atoms with E-state index < -0.39 is 0 Å². The number of carbonyl (C=O) groups is 1. The van der Waals surface area contributed by atoms with Crippen molar-refractivity contribution in [2.45, 2.75) is 26.3 Å². The largest absolute Gasteiger partial charge is 0.369 e. The number of nitrogens with one attached hydrogen (secondary N) is 2. The molecule has 7 heteroatoms. The lowest BCUT2D eigenvalue weighted by atomic mass is 10.1. The summed E-state index contributed by atoms with van der Waals surface area (Å²) in [5, 5.41) is 13.6. The first kappa shape index (κ1) is 14.9. The van der Waals surface area contributed by atoms with Crippen molar-refractivity contribution in [1.82, 2.24) is 25.5 Å². The molecule has 3 aromatic heterocycles. The summed E-state index contributed by atoms with van der Waals surface area (Å²) in [6.45, 7) is 5.54. The summed E-state index contributed by atoms with van der Waals surface area (Å²) < 4.78 is 0. The third kappa shape index (κ3) is 2.46. The molecule has 4 rings (SSSR count). The van der Waals surface area contributed by atoms with Crippen molar-refractivity contribution in [3.63, 3.8) is 0 Å². The molecule has 0 radical (unpaired) electrons.